The molecule has 2 rings (SSSR count). The van der Waals surface area contributed by atoms with E-state index in [9.17, 15) is 0 Å². The van der Waals surface area contributed by atoms with Gasteiger partial charge in [-0.2, -0.15) is 0 Å². The van der Waals surface area contributed by atoms with Crippen molar-refractivity contribution in [2.45, 2.75) is 26.3 Å². The maximum Gasteiger partial charge on any atom is 0.137 e. The van der Waals surface area contributed by atoms with E-state index in [1.165, 1.54) is 5.56 Å². The highest BCUT2D eigenvalue weighted by atomic mass is 79.9. The van der Waals surface area contributed by atoms with Gasteiger partial charge in [0, 0.05) is 12.2 Å². The number of nitrogens with zero attached hydrogens (tertiary/aromatic N) is 2. The molecule has 0 saturated carbocycles. The lowest BCUT2D eigenvalue weighted by Crippen LogP contribution is -2.17. The lowest BCUT2D eigenvalue weighted by atomic mass is 10.1. The quantitative estimate of drug-likeness (QED) is 0.908. The molecule has 0 aromatic carbocycles. The minimum Gasteiger partial charge on any atom is -0.328 e. The molecule has 2 aromatic heterocycles. The minimum absolute atomic E-state index is 0.186. The topological polar surface area (TPSA) is 43.3 Å². The number of rotatable bonds is 2. The van der Waals surface area contributed by atoms with Crippen LogP contribution in [0.3, 0.4) is 0 Å². The standard InChI is InChI=1S/C11H14BrN3/c1-7(13)5-9-3-4-10-14-8(2)11(12)15(10)6-9/h3-4,6-7H,5,13H2,1-2H3. The average Bonchev–Trinajstić information content (AvgIpc) is 2.43. The van der Waals surface area contributed by atoms with Crippen LogP contribution >= 0.6 is 15.9 Å². The van der Waals surface area contributed by atoms with Crippen LogP contribution in [0.4, 0.5) is 0 Å². The summed E-state index contributed by atoms with van der Waals surface area (Å²) in [5, 5.41) is 0. The fraction of sp³-hybridized carbons (Fsp3) is 0.364. The Morgan fingerprint density at radius 2 is 2.27 bits per heavy atom. The first-order chi connectivity index (χ1) is 7.08. The molecule has 2 heterocycles. The molecule has 1 atom stereocenters. The molecule has 0 spiro atoms. The molecule has 0 aliphatic rings. The molecule has 0 amide bonds. The van der Waals surface area contributed by atoms with Gasteiger partial charge in [-0.1, -0.05) is 6.07 Å². The molecule has 4 heteroatoms. The van der Waals surface area contributed by atoms with Gasteiger partial charge in [0.25, 0.3) is 0 Å². The van der Waals surface area contributed by atoms with Crippen LogP contribution in [0.5, 0.6) is 0 Å². The van der Waals surface area contributed by atoms with Crippen LogP contribution in [0.15, 0.2) is 22.9 Å². The molecular weight excluding hydrogens is 254 g/mol. The molecular formula is C11H14BrN3. The average molecular weight is 268 g/mol. The molecule has 15 heavy (non-hydrogen) atoms. The van der Waals surface area contributed by atoms with Crippen LogP contribution in [-0.2, 0) is 6.42 Å². The van der Waals surface area contributed by atoms with Crippen molar-refractivity contribution in [3.63, 3.8) is 0 Å². The molecule has 80 valence electrons. The minimum atomic E-state index is 0.186. The summed E-state index contributed by atoms with van der Waals surface area (Å²) in [4.78, 5) is 4.42. The monoisotopic (exact) mass is 267 g/mol. The number of aromatic nitrogens is 2. The first kappa shape index (κ1) is 10.6. The van der Waals surface area contributed by atoms with Gasteiger partial charge in [0.15, 0.2) is 0 Å². The molecule has 2 aromatic rings. The highest BCUT2D eigenvalue weighted by molar-refractivity contribution is 9.10. The first-order valence-electron chi connectivity index (χ1n) is 4.96. The molecule has 0 fully saturated rings. The second-order valence-electron chi connectivity index (χ2n) is 3.93. The second kappa shape index (κ2) is 3.94. The Morgan fingerprint density at radius 1 is 1.53 bits per heavy atom. The van der Waals surface area contributed by atoms with Gasteiger partial charge in [0.2, 0.25) is 0 Å². The Morgan fingerprint density at radius 3 is 2.93 bits per heavy atom. The fourth-order valence-electron chi connectivity index (χ4n) is 1.67. The molecule has 0 aliphatic heterocycles. The summed E-state index contributed by atoms with van der Waals surface area (Å²) >= 11 is 3.52. The number of fused-ring (bicyclic) bond motifs is 1. The summed E-state index contributed by atoms with van der Waals surface area (Å²) in [5.74, 6) is 0. The highest BCUT2D eigenvalue weighted by Crippen LogP contribution is 2.19. The zero-order chi connectivity index (χ0) is 11.0. The van der Waals surface area contributed by atoms with Gasteiger partial charge in [0.1, 0.15) is 10.3 Å². The summed E-state index contributed by atoms with van der Waals surface area (Å²) in [6.07, 6.45) is 2.97. The molecule has 0 bridgehead atoms. The van der Waals surface area contributed by atoms with Gasteiger partial charge in [-0.3, -0.25) is 4.40 Å². The van der Waals surface area contributed by atoms with Crippen molar-refractivity contribution < 1.29 is 0 Å². The van der Waals surface area contributed by atoms with Gasteiger partial charge in [-0.25, -0.2) is 4.98 Å². The predicted molar refractivity (Wildman–Crippen MR) is 65.0 cm³/mol. The molecule has 1 unspecified atom stereocenters. The number of imidazole rings is 1. The third-order valence-electron chi connectivity index (χ3n) is 2.34. The highest BCUT2D eigenvalue weighted by Gasteiger charge is 2.06. The number of aryl methyl sites for hydroxylation is 1. The smallest absolute Gasteiger partial charge is 0.137 e. The van der Waals surface area contributed by atoms with Gasteiger partial charge >= 0.3 is 0 Å². The van der Waals surface area contributed by atoms with Crippen LogP contribution in [-0.4, -0.2) is 15.4 Å². The second-order valence-corrected chi connectivity index (χ2v) is 4.69. The van der Waals surface area contributed by atoms with E-state index in [0.717, 1.165) is 22.4 Å². The molecule has 2 N–H and O–H groups in total. The number of hydrogen-bond acceptors (Lipinski definition) is 2. The van der Waals surface area contributed by atoms with E-state index in [-0.39, 0.29) is 6.04 Å². The zero-order valence-electron chi connectivity index (χ0n) is 8.87. The summed E-state index contributed by atoms with van der Waals surface area (Å²) in [6, 6.07) is 4.29. The lowest BCUT2D eigenvalue weighted by Gasteiger charge is -2.05. The number of pyridine rings is 1. The van der Waals surface area contributed by atoms with Crippen LogP contribution in [0, 0.1) is 6.92 Å². The van der Waals surface area contributed by atoms with Gasteiger partial charge in [0.05, 0.1) is 5.69 Å². The Balaban J connectivity index is 2.49. The van der Waals surface area contributed by atoms with Gasteiger partial charge in [-0.05, 0) is 47.8 Å². The van der Waals surface area contributed by atoms with Crippen LogP contribution in [0.2, 0.25) is 0 Å². The number of halogens is 1. The van der Waals surface area contributed by atoms with Crippen LogP contribution in [0.1, 0.15) is 18.2 Å². The van der Waals surface area contributed by atoms with E-state index in [1.54, 1.807) is 0 Å². The van der Waals surface area contributed by atoms with Crippen molar-refractivity contribution in [1.29, 1.82) is 0 Å². The fourth-order valence-corrected chi connectivity index (χ4v) is 2.04. The van der Waals surface area contributed by atoms with Crippen molar-refractivity contribution >= 4 is 21.6 Å². The normalized spacial score (nSPS) is 13.3. The van der Waals surface area contributed by atoms with Crippen LogP contribution in [0.25, 0.3) is 5.65 Å². The summed E-state index contributed by atoms with van der Waals surface area (Å²) in [7, 11) is 0. The van der Waals surface area contributed by atoms with E-state index < -0.39 is 0 Å². The summed E-state index contributed by atoms with van der Waals surface area (Å²) in [6.45, 7) is 4.00. The van der Waals surface area contributed by atoms with E-state index in [1.807, 2.05) is 24.3 Å². The zero-order valence-corrected chi connectivity index (χ0v) is 10.5. The maximum absolute atomic E-state index is 5.78. The van der Waals surface area contributed by atoms with Crippen molar-refractivity contribution in [2.24, 2.45) is 5.73 Å². The molecule has 0 radical (unpaired) electrons. The summed E-state index contributed by atoms with van der Waals surface area (Å²) < 4.78 is 3.07. The SMILES string of the molecule is Cc1nc2ccc(CC(C)N)cn2c1Br. The van der Waals surface area contributed by atoms with E-state index in [2.05, 4.69) is 33.2 Å². The largest absolute Gasteiger partial charge is 0.328 e. The number of nitrogens with two attached hydrogens (primary N) is 1. The third kappa shape index (κ3) is 2.06. The van der Waals surface area contributed by atoms with E-state index >= 15 is 0 Å². The molecule has 3 nitrogen and oxygen atoms in total. The summed E-state index contributed by atoms with van der Waals surface area (Å²) in [5.41, 5.74) is 8.98. The van der Waals surface area contributed by atoms with Crippen molar-refractivity contribution in [1.82, 2.24) is 9.38 Å². The van der Waals surface area contributed by atoms with Crippen molar-refractivity contribution in [2.75, 3.05) is 0 Å². The van der Waals surface area contributed by atoms with Gasteiger partial charge < -0.3 is 5.73 Å². The predicted octanol–water partition coefficient (Wildman–Crippen LogP) is 2.29. The Hall–Kier alpha value is -0.870. The Bertz CT molecular complexity index is 488. The lowest BCUT2D eigenvalue weighted by molar-refractivity contribution is 0.734. The van der Waals surface area contributed by atoms with Crippen LogP contribution < -0.4 is 5.73 Å². The molecule has 0 aliphatic carbocycles. The first-order valence-corrected chi connectivity index (χ1v) is 5.76. The molecule has 0 saturated heterocycles. The van der Waals surface area contributed by atoms with Gasteiger partial charge in [-0.15, -0.1) is 0 Å². The van der Waals surface area contributed by atoms with Crippen molar-refractivity contribution in [3.8, 4) is 0 Å². The number of hydrogen-bond donors (Lipinski definition) is 1. The van der Waals surface area contributed by atoms with E-state index in [0.29, 0.717) is 0 Å². The van der Waals surface area contributed by atoms with E-state index in [4.69, 9.17) is 5.73 Å². The maximum atomic E-state index is 5.78. The van der Waals surface area contributed by atoms with Crippen molar-refractivity contribution in [3.05, 3.63) is 34.2 Å². The Kier molecular flexibility index (Phi) is 2.80. The Labute approximate surface area is 97.4 Å². The third-order valence-corrected chi connectivity index (χ3v) is 3.29.